The monoisotopic (exact) mass is 380 g/mol. The molecule has 1 aliphatic heterocycles. The molecule has 0 unspecified atom stereocenters. The molecule has 0 saturated carbocycles. The molecule has 1 aliphatic rings. The molecule has 1 N–H and O–H groups in total. The Morgan fingerprint density at radius 2 is 1.89 bits per heavy atom. The molecule has 1 heterocycles. The molecule has 1 fully saturated rings. The minimum atomic E-state index is -0.684. The SMILES string of the molecule is CCOC(=O)N1CCN(C[C@@H](O)COc2ccc(C(C)=O)cc2OC)CC1. The van der Waals surface area contributed by atoms with E-state index in [1.807, 2.05) is 0 Å². The van der Waals surface area contributed by atoms with Crippen LogP contribution in [0.1, 0.15) is 24.2 Å². The number of methoxy groups -OCH3 is 1. The van der Waals surface area contributed by atoms with E-state index in [2.05, 4.69) is 4.90 Å². The van der Waals surface area contributed by atoms with Gasteiger partial charge in [0, 0.05) is 38.3 Å². The van der Waals surface area contributed by atoms with Crippen molar-refractivity contribution in [3.05, 3.63) is 23.8 Å². The highest BCUT2D eigenvalue weighted by Crippen LogP contribution is 2.28. The van der Waals surface area contributed by atoms with Crippen molar-refractivity contribution >= 4 is 11.9 Å². The fraction of sp³-hybridized carbons (Fsp3) is 0.579. The third-order valence-electron chi connectivity index (χ3n) is 4.37. The van der Waals surface area contributed by atoms with Crippen LogP contribution in [-0.2, 0) is 4.74 Å². The third-order valence-corrected chi connectivity index (χ3v) is 4.37. The molecule has 8 heteroatoms. The summed E-state index contributed by atoms with van der Waals surface area (Å²) in [4.78, 5) is 26.9. The number of ether oxygens (including phenoxy) is 3. The summed E-state index contributed by atoms with van der Waals surface area (Å²) in [6.07, 6.45) is -0.974. The molecule has 1 saturated heterocycles. The van der Waals surface area contributed by atoms with Crippen molar-refractivity contribution in [1.29, 1.82) is 0 Å². The van der Waals surface area contributed by atoms with Gasteiger partial charge < -0.3 is 24.2 Å². The second-order valence-electron chi connectivity index (χ2n) is 6.37. The van der Waals surface area contributed by atoms with E-state index in [4.69, 9.17) is 14.2 Å². The number of ketones is 1. The van der Waals surface area contributed by atoms with Crippen LogP contribution >= 0.6 is 0 Å². The lowest BCUT2D eigenvalue weighted by atomic mass is 10.1. The highest BCUT2D eigenvalue weighted by Gasteiger charge is 2.23. The summed E-state index contributed by atoms with van der Waals surface area (Å²) >= 11 is 0. The Balaban J connectivity index is 1.79. The van der Waals surface area contributed by atoms with Crippen LogP contribution < -0.4 is 9.47 Å². The lowest BCUT2D eigenvalue weighted by molar-refractivity contribution is 0.0403. The van der Waals surface area contributed by atoms with Crippen molar-refractivity contribution in [3.63, 3.8) is 0 Å². The molecule has 0 spiro atoms. The van der Waals surface area contributed by atoms with Gasteiger partial charge in [0.25, 0.3) is 0 Å². The lowest BCUT2D eigenvalue weighted by Gasteiger charge is -2.34. The van der Waals surface area contributed by atoms with Gasteiger partial charge in [-0.1, -0.05) is 0 Å². The summed E-state index contributed by atoms with van der Waals surface area (Å²) in [7, 11) is 1.51. The van der Waals surface area contributed by atoms with E-state index >= 15 is 0 Å². The third kappa shape index (κ3) is 6.11. The highest BCUT2D eigenvalue weighted by atomic mass is 16.6. The molecule has 150 valence electrons. The Labute approximate surface area is 159 Å². The van der Waals surface area contributed by atoms with Gasteiger partial charge in [-0.15, -0.1) is 0 Å². The van der Waals surface area contributed by atoms with Gasteiger partial charge in [0.2, 0.25) is 0 Å². The molecular weight excluding hydrogens is 352 g/mol. The molecule has 0 aliphatic carbocycles. The van der Waals surface area contributed by atoms with E-state index in [9.17, 15) is 14.7 Å². The van der Waals surface area contributed by atoms with E-state index in [-0.39, 0.29) is 18.5 Å². The second-order valence-corrected chi connectivity index (χ2v) is 6.37. The minimum Gasteiger partial charge on any atom is -0.493 e. The number of carbonyl (C=O) groups excluding carboxylic acids is 2. The number of Topliss-reactive ketones (excluding diaryl/α,β-unsaturated/α-hetero) is 1. The Bertz CT molecular complexity index is 643. The van der Waals surface area contributed by atoms with Crippen LogP contribution in [-0.4, -0.2) is 85.9 Å². The van der Waals surface area contributed by atoms with Crippen LogP contribution in [0.2, 0.25) is 0 Å². The van der Waals surface area contributed by atoms with Gasteiger partial charge in [-0.2, -0.15) is 0 Å². The number of aliphatic hydroxyl groups is 1. The maximum Gasteiger partial charge on any atom is 0.409 e. The first-order valence-corrected chi connectivity index (χ1v) is 9.08. The van der Waals surface area contributed by atoms with Crippen LogP contribution in [0.25, 0.3) is 0 Å². The fourth-order valence-electron chi connectivity index (χ4n) is 2.87. The minimum absolute atomic E-state index is 0.0538. The number of carbonyl (C=O) groups is 2. The van der Waals surface area contributed by atoms with E-state index in [1.54, 1.807) is 30.0 Å². The van der Waals surface area contributed by atoms with E-state index in [0.29, 0.717) is 56.4 Å². The summed E-state index contributed by atoms with van der Waals surface area (Å²) in [5, 5.41) is 10.3. The zero-order valence-electron chi connectivity index (χ0n) is 16.1. The average molecular weight is 380 g/mol. The van der Waals surface area contributed by atoms with Crippen LogP contribution in [0.4, 0.5) is 4.79 Å². The zero-order valence-corrected chi connectivity index (χ0v) is 16.1. The standard InChI is InChI=1S/C19H28N2O6/c1-4-26-19(24)21-9-7-20(8-10-21)12-16(23)13-27-17-6-5-15(14(2)22)11-18(17)25-3/h5-6,11,16,23H,4,7-10,12-13H2,1-3H3/t16-/m1/s1. The second kappa shape index (κ2) is 10.1. The van der Waals surface area contributed by atoms with Crippen molar-refractivity contribution in [2.24, 2.45) is 0 Å². The number of hydrogen-bond acceptors (Lipinski definition) is 7. The quantitative estimate of drug-likeness (QED) is 0.682. The van der Waals surface area contributed by atoms with Crippen LogP contribution in [0, 0.1) is 0 Å². The molecule has 27 heavy (non-hydrogen) atoms. The first-order valence-electron chi connectivity index (χ1n) is 9.08. The number of hydrogen-bond donors (Lipinski definition) is 1. The predicted octanol–water partition coefficient (Wildman–Crippen LogP) is 1.41. The molecular formula is C19H28N2O6. The molecule has 8 nitrogen and oxygen atoms in total. The molecule has 0 aromatic heterocycles. The van der Waals surface area contributed by atoms with Crippen LogP contribution in [0.15, 0.2) is 18.2 Å². The van der Waals surface area contributed by atoms with Gasteiger partial charge >= 0.3 is 6.09 Å². The number of aliphatic hydroxyl groups excluding tert-OH is 1. The van der Waals surface area contributed by atoms with E-state index in [0.717, 1.165) is 0 Å². The van der Waals surface area contributed by atoms with Crippen molar-refractivity contribution in [2.45, 2.75) is 20.0 Å². The first-order chi connectivity index (χ1) is 12.9. The maximum atomic E-state index is 11.7. The molecule has 0 radical (unpaired) electrons. The first kappa shape index (κ1) is 21.0. The van der Waals surface area contributed by atoms with E-state index < -0.39 is 6.10 Å². The normalized spacial score (nSPS) is 15.9. The molecule has 1 amide bonds. The van der Waals surface area contributed by atoms with Crippen molar-refractivity contribution in [2.75, 3.05) is 53.0 Å². The lowest BCUT2D eigenvalue weighted by Crippen LogP contribution is -2.51. The predicted molar refractivity (Wildman–Crippen MR) is 99.5 cm³/mol. The Morgan fingerprint density at radius 3 is 2.48 bits per heavy atom. The molecule has 2 rings (SSSR count). The maximum absolute atomic E-state index is 11.7. The van der Waals surface area contributed by atoms with E-state index in [1.165, 1.54) is 14.0 Å². The van der Waals surface area contributed by atoms with Gasteiger partial charge in [0.1, 0.15) is 12.7 Å². The zero-order chi connectivity index (χ0) is 19.8. The van der Waals surface area contributed by atoms with Gasteiger partial charge in [-0.3, -0.25) is 9.69 Å². The Morgan fingerprint density at radius 1 is 1.19 bits per heavy atom. The smallest absolute Gasteiger partial charge is 0.409 e. The average Bonchev–Trinajstić information content (AvgIpc) is 2.66. The van der Waals surface area contributed by atoms with Crippen LogP contribution in [0.5, 0.6) is 11.5 Å². The molecule has 1 atom stereocenters. The molecule has 1 aromatic carbocycles. The Hall–Kier alpha value is -2.32. The van der Waals surface area contributed by atoms with Gasteiger partial charge in [-0.05, 0) is 32.0 Å². The number of amides is 1. The summed E-state index contributed by atoms with van der Waals surface area (Å²) < 4.78 is 15.9. The Kier molecular flexibility index (Phi) is 7.87. The molecule has 1 aromatic rings. The van der Waals surface area contributed by atoms with Crippen molar-refractivity contribution in [3.8, 4) is 11.5 Å². The highest BCUT2D eigenvalue weighted by molar-refractivity contribution is 5.94. The van der Waals surface area contributed by atoms with Crippen molar-refractivity contribution < 1.29 is 28.9 Å². The number of rotatable bonds is 8. The fourth-order valence-corrected chi connectivity index (χ4v) is 2.87. The van der Waals surface area contributed by atoms with Gasteiger partial charge in [0.05, 0.1) is 13.7 Å². The summed E-state index contributed by atoms with van der Waals surface area (Å²) in [6.45, 7) is 6.69. The number of benzene rings is 1. The van der Waals surface area contributed by atoms with Gasteiger partial charge in [0.15, 0.2) is 17.3 Å². The van der Waals surface area contributed by atoms with Crippen LogP contribution in [0.3, 0.4) is 0 Å². The summed E-state index contributed by atoms with van der Waals surface area (Å²) in [6, 6.07) is 4.96. The van der Waals surface area contributed by atoms with Crippen molar-refractivity contribution in [1.82, 2.24) is 9.80 Å². The summed E-state index contributed by atoms with van der Waals surface area (Å²) in [5.41, 5.74) is 0.541. The number of piperazine rings is 1. The molecule has 0 bridgehead atoms. The number of β-amino-alcohol motifs (C(OH)–C–C–N with tert-alkyl or cyclic N) is 1. The topological polar surface area (TPSA) is 88.5 Å². The summed E-state index contributed by atoms with van der Waals surface area (Å²) in [5.74, 6) is 0.883. The van der Waals surface area contributed by atoms with Gasteiger partial charge in [-0.25, -0.2) is 4.79 Å². The number of nitrogens with zero attached hydrogens (tertiary/aromatic N) is 2. The largest absolute Gasteiger partial charge is 0.493 e.